The van der Waals surface area contributed by atoms with Crippen molar-refractivity contribution in [2.75, 3.05) is 19.6 Å². The second kappa shape index (κ2) is 10.4. The van der Waals surface area contributed by atoms with Crippen LogP contribution in [-0.2, 0) is 17.9 Å². The van der Waals surface area contributed by atoms with Crippen LogP contribution in [0.15, 0.2) is 60.8 Å². The van der Waals surface area contributed by atoms with Crippen LogP contribution in [-0.4, -0.2) is 41.1 Å². The molecule has 0 saturated carbocycles. The number of nitrogens with one attached hydrogen (secondary N) is 1. The molecular formula is C28H35N3O2. The Morgan fingerprint density at radius 1 is 1.00 bits per heavy atom. The van der Waals surface area contributed by atoms with Gasteiger partial charge in [0.2, 0.25) is 5.91 Å². The minimum absolute atomic E-state index is 0.160. The average molecular weight is 446 g/mol. The van der Waals surface area contributed by atoms with Crippen LogP contribution in [0.5, 0.6) is 5.75 Å². The number of aryl methyl sites for hydroxylation is 1. The molecule has 1 aromatic heterocycles. The molecule has 1 N–H and O–H groups in total. The standard InChI is InChI=1S/C28H35N3O2/c32-28(29-20-24-9-6-16-30-15-5-4-10-26(24)30)14-18-31-17-13-23-19-25(11-12-27(23)31)33-21-22-7-2-1-3-8-22/h1-3,7-8,11-13,17,19,24,26H,4-6,9-10,14-16,18,20-21H2,(H,29,32)/t24-,26-/m1/s1. The molecule has 174 valence electrons. The van der Waals surface area contributed by atoms with Gasteiger partial charge in [-0.1, -0.05) is 36.8 Å². The number of piperidine rings is 2. The van der Waals surface area contributed by atoms with Crippen molar-refractivity contribution in [2.24, 2.45) is 5.92 Å². The Bertz CT molecular complexity index is 1060. The third kappa shape index (κ3) is 5.41. The van der Waals surface area contributed by atoms with Gasteiger partial charge >= 0.3 is 0 Å². The summed E-state index contributed by atoms with van der Waals surface area (Å²) in [4.78, 5) is 15.3. The molecule has 2 aliphatic heterocycles. The van der Waals surface area contributed by atoms with E-state index in [1.165, 1.54) is 45.2 Å². The minimum atomic E-state index is 0.160. The summed E-state index contributed by atoms with van der Waals surface area (Å²) < 4.78 is 8.12. The van der Waals surface area contributed by atoms with E-state index in [0.717, 1.165) is 28.8 Å². The number of carbonyl (C=O) groups is 1. The Morgan fingerprint density at radius 2 is 1.88 bits per heavy atom. The summed E-state index contributed by atoms with van der Waals surface area (Å²) in [5, 5.41) is 4.38. The largest absolute Gasteiger partial charge is 0.489 e. The van der Waals surface area contributed by atoms with Gasteiger partial charge in [0.25, 0.3) is 0 Å². The topological polar surface area (TPSA) is 46.5 Å². The Labute approximate surface area is 196 Å². The summed E-state index contributed by atoms with van der Waals surface area (Å²) in [6.07, 6.45) is 9.07. The molecule has 2 saturated heterocycles. The molecule has 3 aromatic rings. The lowest BCUT2D eigenvalue weighted by Crippen LogP contribution is -2.51. The zero-order valence-electron chi connectivity index (χ0n) is 19.4. The highest BCUT2D eigenvalue weighted by Gasteiger charge is 2.32. The Morgan fingerprint density at radius 3 is 2.79 bits per heavy atom. The molecule has 0 unspecified atom stereocenters. The van der Waals surface area contributed by atoms with E-state index in [4.69, 9.17) is 4.74 Å². The van der Waals surface area contributed by atoms with Crippen molar-refractivity contribution in [2.45, 2.75) is 57.7 Å². The predicted octanol–water partition coefficient (Wildman–Crippen LogP) is 4.99. The number of benzene rings is 2. The lowest BCUT2D eigenvalue weighted by Gasteiger charge is -2.44. The highest BCUT2D eigenvalue weighted by molar-refractivity contribution is 5.82. The molecule has 5 rings (SSSR count). The van der Waals surface area contributed by atoms with Crippen LogP contribution in [0.3, 0.4) is 0 Å². The first-order valence-electron chi connectivity index (χ1n) is 12.5. The first-order chi connectivity index (χ1) is 16.3. The average Bonchev–Trinajstić information content (AvgIpc) is 3.28. The number of aromatic nitrogens is 1. The fourth-order valence-corrected chi connectivity index (χ4v) is 5.57. The Kier molecular flexibility index (Phi) is 6.96. The highest BCUT2D eigenvalue weighted by Crippen LogP contribution is 2.30. The van der Waals surface area contributed by atoms with Crippen LogP contribution in [0.1, 0.15) is 44.1 Å². The Hall–Kier alpha value is -2.79. The molecule has 0 aliphatic carbocycles. The summed E-state index contributed by atoms with van der Waals surface area (Å²) in [6.45, 7) is 4.57. The van der Waals surface area contributed by atoms with Gasteiger partial charge in [-0.2, -0.15) is 0 Å². The maximum atomic E-state index is 12.6. The van der Waals surface area contributed by atoms with Gasteiger partial charge in [-0.15, -0.1) is 0 Å². The number of amides is 1. The molecule has 0 bridgehead atoms. The summed E-state index contributed by atoms with van der Waals surface area (Å²) in [6, 6.07) is 19.2. The van der Waals surface area contributed by atoms with Gasteiger partial charge in [0.1, 0.15) is 12.4 Å². The van der Waals surface area contributed by atoms with Crippen molar-refractivity contribution >= 4 is 16.8 Å². The second-order valence-corrected chi connectivity index (χ2v) is 9.56. The van der Waals surface area contributed by atoms with Crippen molar-refractivity contribution in [1.29, 1.82) is 0 Å². The third-order valence-corrected chi connectivity index (χ3v) is 7.36. The van der Waals surface area contributed by atoms with Crippen molar-refractivity contribution in [3.05, 3.63) is 66.4 Å². The van der Waals surface area contributed by atoms with E-state index in [2.05, 4.69) is 51.3 Å². The molecule has 0 radical (unpaired) electrons. The monoisotopic (exact) mass is 445 g/mol. The molecule has 2 aromatic carbocycles. The van der Waals surface area contributed by atoms with Crippen molar-refractivity contribution in [1.82, 2.24) is 14.8 Å². The number of carbonyl (C=O) groups excluding carboxylic acids is 1. The van der Waals surface area contributed by atoms with E-state index in [1.807, 2.05) is 24.3 Å². The molecular weight excluding hydrogens is 410 g/mol. The molecule has 2 fully saturated rings. The fraction of sp³-hybridized carbons (Fsp3) is 0.464. The van der Waals surface area contributed by atoms with Gasteiger partial charge in [0, 0.05) is 42.7 Å². The summed E-state index contributed by atoms with van der Waals surface area (Å²) >= 11 is 0. The number of rotatable bonds is 8. The number of nitrogens with zero attached hydrogens (tertiary/aromatic N) is 2. The van der Waals surface area contributed by atoms with Crippen molar-refractivity contribution < 1.29 is 9.53 Å². The van der Waals surface area contributed by atoms with Crippen LogP contribution in [0.2, 0.25) is 0 Å². The van der Waals surface area contributed by atoms with Crippen LogP contribution >= 0.6 is 0 Å². The fourth-order valence-electron chi connectivity index (χ4n) is 5.57. The summed E-state index contributed by atoms with van der Waals surface area (Å²) in [7, 11) is 0. The van der Waals surface area contributed by atoms with E-state index < -0.39 is 0 Å². The number of fused-ring (bicyclic) bond motifs is 2. The quantitative estimate of drug-likeness (QED) is 0.531. The van der Waals surface area contributed by atoms with Crippen molar-refractivity contribution in [3.8, 4) is 5.75 Å². The van der Waals surface area contributed by atoms with Crippen LogP contribution in [0, 0.1) is 5.92 Å². The Balaban J connectivity index is 1.11. The normalized spacial score (nSPS) is 21.0. The van der Waals surface area contributed by atoms with E-state index in [0.29, 0.717) is 31.5 Å². The van der Waals surface area contributed by atoms with Crippen molar-refractivity contribution in [3.63, 3.8) is 0 Å². The van der Waals surface area contributed by atoms with E-state index >= 15 is 0 Å². The van der Waals surface area contributed by atoms with Gasteiger partial charge in [-0.3, -0.25) is 4.79 Å². The molecule has 0 spiro atoms. The van der Waals surface area contributed by atoms with Gasteiger partial charge in [-0.05, 0) is 74.5 Å². The molecule has 5 heteroatoms. The van der Waals surface area contributed by atoms with E-state index in [9.17, 15) is 4.79 Å². The van der Waals surface area contributed by atoms with Gasteiger partial charge in [0.15, 0.2) is 0 Å². The van der Waals surface area contributed by atoms with Crippen LogP contribution in [0.4, 0.5) is 0 Å². The second-order valence-electron chi connectivity index (χ2n) is 9.56. The lowest BCUT2D eigenvalue weighted by molar-refractivity contribution is -0.121. The summed E-state index contributed by atoms with van der Waals surface area (Å²) in [5.41, 5.74) is 2.30. The zero-order chi connectivity index (χ0) is 22.5. The lowest BCUT2D eigenvalue weighted by atomic mass is 9.83. The number of hydrogen-bond acceptors (Lipinski definition) is 3. The molecule has 2 aliphatic rings. The van der Waals surface area contributed by atoms with Gasteiger partial charge < -0.3 is 19.5 Å². The summed E-state index contributed by atoms with van der Waals surface area (Å²) in [5.74, 6) is 1.64. The smallest absolute Gasteiger partial charge is 0.221 e. The molecule has 2 atom stereocenters. The minimum Gasteiger partial charge on any atom is -0.489 e. The van der Waals surface area contributed by atoms with E-state index in [-0.39, 0.29) is 5.91 Å². The van der Waals surface area contributed by atoms with Gasteiger partial charge in [0.05, 0.1) is 0 Å². The predicted molar refractivity (Wildman–Crippen MR) is 132 cm³/mol. The van der Waals surface area contributed by atoms with Crippen LogP contribution in [0.25, 0.3) is 10.9 Å². The molecule has 33 heavy (non-hydrogen) atoms. The molecule has 1 amide bonds. The molecule has 5 nitrogen and oxygen atoms in total. The maximum absolute atomic E-state index is 12.6. The first kappa shape index (κ1) is 22.0. The van der Waals surface area contributed by atoms with E-state index in [1.54, 1.807) is 0 Å². The first-order valence-corrected chi connectivity index (χ1v) is 12.5. The van der Waals surface area contributed by atoms with Crippen LogP contribution < -0.4 is 10.1 Å². The third-order valence-electron chi connectivity index (χ3n) is 7.36. The molecule has 3 heterocycles. The highest BCUT2D eigenvalue weighted by atomic mass is 16.5. The number of ether oxygens (including phenoxy) is 1. The number of hydrogen-bond donors (Lipinski definition) is 1. The van der Waals surface area contributed by atoms with Gasteiger partial charge in [-0.25, -0.2) is 0 Å². The SMILES string of the molecule is O=C(CCn1ccc2cc(OCc3ccccc3)ccc21)NC[C@H]1CCCN2CCCC[C@H]12. The maximum Gasteiger partial charge on any atom is 0.221 e. The zero-order valence-corrected chi connectivity index (χ0v) is 19.4.